The molecule has 0 radical (unpaired) electrons. The molecule has 5 aliphatic carbocycles. The van der Waals surface area contributed by atoms with Crippen LogP contribution in [0.1, 0.15) is 119 Å². The molecule has 0 bridgehead atoms. The second-order valence-corrected chi connectivity index (χ2v) is 37.0. The summed E-state index contributed by atoms with van der Waals surface area (Å²) >= 11 is 3.82. The largest absolute Gasteiger partial charge is 0.310 e. The molecule has 18 aromatic carbocycles. The van der Waals surface area contributed by atoms with Crippen molar-refractivity contribution >= 4 is 79.2 Å². The van der Waals surface area contributed by atoms with Gasteiger partial charge in [0.25, 0.3) is 0 Å². The van der Waals surface area contributed by atoms with Crippen molar-refractivity contribution in [1.82, 2.24) is 0 Å². The lowest BCUT2D eigenvalue weighted by Gasteiger charge is -2.41. The third-order valence-electron chi connectivity index (χ3n) is 27.8. The van der Waals surface area contributed by atoms with E-state index >= 15 is 0 Å². The van der Waals surface area contributed by atoms with E-state index in [4.69, 9.17) is 0 Å². The van der Waals surface area contributed by atoms with Gasteiger partial charge in [-0.3, -0.25) is 0 Å². The maximum atomic E-state index is 2.55. The second-order valence-electron chi connectivity index (χ2n) is 34.9. The summed E-state index contributed by atoms with van der Waals surface area (Å²) in [5.74, 6) is 0. The molecule has 2 nitrogen and oxygen atoms in total. The Kier molecular flexibility index (Phi) is 15.2. The van der Waals surface area contributed by atoms with Gasteiger partial charge in [-0.15, -0.1) is 0 Å². The molecule has 2 heterocycles. The van der Waals surface area contributed by atoms with E-state index in [0.29, 0.717) is 0 Å². The highest BCUT2D eigenvalue weighted by molar-refractivity contribution is 7.99. The summed E-state index contributed by atoms with van der Waals surface area (Å²) in [5.41, 5.74) is 40.3. The van der Waals surface area contributed by atoms with E-state index in [1.54, 1.807) is 0 Å². The maximum Gasteiger partial charge on any atom is 0.0742 e. The molecule has 0 amide bonds. The van der Waals surface area contributed by atoms with Crippen molar-refractivity contribution < 1.29 is 0 Å². The third-order valence-corrected chi connectivity index (χ3v) is 30.1. The molecule has 25 rings (SSSR count). The van der Waals surface area contributed by atoms with Gasteiger partial charge < -0.3 is 9.80 Å². The van der Waals surface area contributed by atoms with Crippen molar-refractivity contribution in [2.75, 3.05) is 9.80 Å². The van der Waals surface area contributed by atoms with Crippen molar-refractivity contribution in [2.24, 2.45) is 0 Å². The van der Waals surface area contributed by atoms with E-state index in [1.165, 1.54) is 197 Å². The van der Waals surface area contributed by atoms with E-state index in [-0.39, 0.29) is 16.2 Å². The van der Waals surface area contributed by atoms with Crippen LogP contribution in [0.25, 0.3) is 88.3 Å². The van der Waals surface area contributed by atoms with Gasteiger partial charge in [-0.05, 0) is 263 Å². The summed E-state index contributed by atoms with van der Waals surface area (Å²) in [4.78, 5) is 10.3. The predicted octanol–water partition coefficient (Wildman–Crippen LogP) is 30.9. The number of rotatable bonds is 7. The first-order valence-corrected chi connectivity index (χ1v) is 43.5. The van der Waals surface area contributed by atoms with Crippen molar-refractivity contribution in [3.8, 4) is 66.8 Å². The lowest BCUT2D eigenvalue weighted by molar-refractivity contribution is 0.660. The van der Waals surface area contributed by atoms with Gasteiger partial charge in [0.1, 0.15) is 0 Å². The SMILES string of the molecule is CC1(C)c2ccccc2-c2ccc(N(c3ccc(-c4ccccc4)cc3)c3ccc4c(c3)C3(c5ccccc5Sc5ccc6ccccc6c53)c3ccccc3-4)cc21.CC1(C)c2ccccc2-c2ccc(N(c3ccc4c(c3)C(C)(C)c3ccccc3-4)c3ccc4c(c3)C3(c5ccccc5Sc5ccc6ccccc6c53)c3ccccc3-4)cc21. The minimum Gasteiger partial charge on any atom is -0.310 e. The molecular formula is C115H82N2S2. The normalized spacial score (nSPS) is 16.9. The molecule has 2 unspecified atom stereocenters. The van der Waals surface area contributed by atoms with Gasteiger partial charge in [0.05, 0.1) is 10.8 Å². The van der Waals surface area contributed by atoms with Crippen LogP contribution in [0.3, 0.4) is 0 Å². The predicted molar refractivity (Wildman–Crippen MR) is 498 cm³/mol. The fourth-order valence-electron chi connectivity index (χ4n) is 22.4. The molecule has 4 heteroatoms. The zero-order valence-electron chi connectivity index (χ0n) is 67.2. The van der Waals surface area contributed by atoms with Crippen molar-refractivity contribution in [3.63, 3.8) is 0 Å². The fraction of sp³-hybridized carbons (Fsp3) is 0.0957. The molecule has 119 heavy (non-hydrogen) atoms. The molecule has 0 fully saturated rings. The molecule has 2 spiro atoms. The average Bonchev–Trinajstić information content (AvgIpc) is 1.54. The van der Waals surface area contributed by atoms with E-state index in [1.807, 2.05) is 23.5 Å². The summed E-state index contributed by atoms with van der Waals surface area (Å²) in [5, 5.41) is 5.16. The molecule has 0 aromatic heterocycles. The maximum absolute atomic E-state index is 2.55. The van der Waals surface area contributed by atoms with Crippen molar-refractivity contribution in [2.45, 2.75) is 88.2 Å². The Hall–Kier alpha value is -13.2. The highest BCUT2D eigenvalue weighted by atomic mass is 32.2. The van der Waals surface area contributed by atoms with Crippen LogP contribution in [0.15, 0.2) is 408 Å². The Morgan fingerprint density at radius 2 is 0.454 bits per heavy atom. The molecule has 0 N–H and O–H groups in total. The Bertz CT molecular complexity index is 7260. The minimum absolute atomic E-state index is 0.122. The van der Waals surface area contributed by atoms with Gasteiger partial charge in [0, 0.05) is 70.0 Å². The Balaban J connectivity index is 0.000000136. The lowest BCUT2D eigenvalue weighted by atomic mass is 9.66. The lowest BCUT2D eigenvalue weighted by Crippen LogP contribution is -2.32. The monoisotopic (exact) mass is 1550 g/mol. The van der Waals surface area contributed by atoms with Crippen LogP contribution < -0.4 is 9.80 Å². The number of nitrogens with zero attached hydrogens (tertiary/aromatic N) is 2. The van der Waals surface area contributed by atoms with Crippen molar-refractivity contribution in [1.29, 1.82) is 0 Å². The zero-order valence-corrected chi connectivity index (χ0v) is 68.8. The van der Waals surface area contributed by atoms with Crippen LogP contribution in [-0.2, 0) is 27.1 Å². The first kappa shape index (κ1) is 70.0. The van der Waals surface area contributed by atoms with Crippen LogP contribution in [0.2, 0.25) is 0 Å². The van der Waals surface area contributed by atoms with Crippen molar-refractivity contribution in [3.05, 3.63) is 466 Å². The van der Waals surface area contributed by atoms with E-state index in [0.717, 1.165) is 22.7 Å². The summed E-state index contributed by atoms with van der Waals surface area (Å²) in [7, 11) is 0. The first-order valence-electron chi connectivity index (χ1n) is 41.8. The van der Waals surface area contributed by atoms with E-state index in [9.17, 15) is 0 Å². The number of fused-ring (bicyclic) bond motifs is 31. The second kappa shape index (κ2) is 25.9. The van der Waals surface area contributed by atoms with Gasteiger partial charge in [0.2, 0.25) is 0 Å². The minimum atomic E-state index is -0.519. The van der Waals surface area contributed by atoms with Gasteiger partial charge in [-0.2, -0.15) is 0 Å². The molecule has 18 aromatic rings. The highest BCUT2D eigenvalue weighted by Crippen LogP contribution is 2.67. The molecule has 7 aliphatic rings. The van der Waals surface area contributed by atoms with Crippen LogP contribution in [-0.4, -0.2) is 0 Å². The summed E-state index contributed by atoms with van der Waals surface area (Å²) in [6, 6.07) is 147. The number of anilines is 6. The Morgan fingerprint density at radius 3 is 0.840 bits per heavy atom. The number of benzene rings is 18. The molecular weight excluding hydrogens is 1470 g/mol. The number of hydrogen-bond donors (Lipinski definition) is 0. The summed E-state index contributed by atoms with van der Waals surface area (Å²) < 4.78 is 0. The molecule has 2 atom stereocenters. The zero-order chi connectivity index (χ0) is 79.4. The van der Waals surface area contributed by atoms with Gasteiger partial charge in [-0.25, -0.2) is 0 Å². The average molecular weight is 1560 g/mol. The van der Waals surface area contributed by atoms with Gasteiger partial charge in [0.15, 0.2) is 0 Å². The van der Waals surface area contributed by atoms with E-state index < -0.39 is 10.8 Å². The number of hydrogen-bond acceptors (Lipinski definition) is 4. The van der Waals surface area contributed by atoms with Gasteiger partial charge in [-0.1, -0.05) is 356 Å². The summed E-state index contributed by atoms with van der Waals surface area (Å²) in [6.07, 6.45) is 0. The topological polar surface area (TPSA) is 6.48 Å². The Morgan fingerprint density at radius 1 is 0.185 bits per heavy atom. The van der Waals surface area contributed by atoms with Gasteiger partial charge >= 0.3 is 0 Å². The Labute approximate surface area is 704 Å². The van der Waals surface area contributed by atoms with E-state index in [2.05, 4.69) is 440 Å². The molecule has 0 saturated carbocycles. The third kappa shape index (κ3) is 9.88. The standard InChI is InChI=1S/C59H43NS.C56H39NS/c1-57(2)47-20-10-7-17-41(47)44-29-26-37(33-51(44)57)60(38-27-30-45-42-18-8-11-21-48(42)58(3,4)52(45)34-38)39-28-31-46-43-19-9-12-22-49(43)59(53(46)35-39)50-23-13-14-24-54(50)61-55-32-25-36-15-5-6-16-40(36)56(55)59;1-55(2)47-20-10-8-18-43(47)45-31-29-40(34-50(45)55)57(39-27-24-37(25-28-39)36-14-4-3-5-15-36)41-30-32-46-44-19-9-11-21-48(44)56(51(46)35-41)49-22-12-13-23-52(49)58-53-33-26-38-16-6-7-17-42(38)54(53)56/h5-35H,1-4H3;3-35H,1-2H3. The molecule has 564 valence electrons. The quantitative estimate of drug-likeness (QED) is 0.157. The molecule has 0 saturated heterocycles. The smallest absolute Gasteiger partial charge is 0.0742 e. The van der Waals surface area contributed by atoms with Crippen LogP contribution in [0, 0.1) is 0 Å². The molecule has 2 aliphatic heterocycles. The van der Waals surface area contributed by atoms with Crippen LogP contribution in [0.4, 0.5) is 34.1 Å². The fourth-order valence-corrected chi connectivity index (χ4v) is 24.9. The highest BCUT2D eigenvalue weighted by Gasteiger charge is 2.54. The first-order chi connectivity index (χ1) is 58.3. The van der Waals surface area contributed by atoms with Crippen LogP contribution in [0.5, 0.6) is 0 Å². The van der Waals surface area contributed by atoms with Crippen LogP contribution >= 0.6 is 23.5 Å². The summed E-state index contributed by atoms with van der Waals surface area (Å²) in [6.45, 7) is 14.3.